The molecular weight excluding hydrogens is 271 g/mol. The van der Waals surface area contributed by atoms with Crippen LogP contribution in [0, 0.1) is 5.82 Å². The first kappa shape index (κ1) is 13.3. The molecule has 0 unspecified atom stereocenters. The van der Waals surface area contributed by atoms with Crippen molar-refractivity contribution in [2.24, 2.45) is 0 Å². The summed E-state index contributed by atoms with van der Waals surface area (Å²) in [4.78, 5) is 0. The van der Waals surface area contributed by atoms with Crippen LogP contribution < -0.4 is 9.47 Å². The van der Waals surface area contributed by atoms with Gasteiger partial charge in [-0.3, -0.25) is 0 Å². The van der Waals surface area contributed by atoms with E-state index >= 15 is 0 Å². The zero-order valence-corrected chi connectivity index (χ0v) is 11.4. The highest BCUT2D eigenvalue weighted by Gasteiger charge is 2.07. The average Bonchev–Trinajstić information content (AvgIpc) is 2.53. The Bertz CT molecular complexity index is 772. The maximum atomic E-state index is 13.6. The van der Waals surface area contributed by atoms with E-state index in [0.717, 1.165) is 10.8 Å². The van der Waals surface area contributed by atoms with E-state index in [9.17, 15) is 4.39 Å². The summed E-state index contributed by atoms with van der Waals surface area (Å²) in [7, 11) is 1.43. The van der Waals surface area contributed by atoms with Crippen molar-refractivity contribution in [3.8, 4) is 11.6 Å². The molecule has 1 aromatic heterocycles. The number of benzene rings is 2. The number of hydrogen-bond donors (Lipinski definition) is 0. The van der Waals surface area contributed by atoms with Crippen LogP contribution in [-0.2, 0) is 6.61 Å². The van der Waals surface area contributed by atoms with E-state index in [0.29, 0.717) is 11.4 Å². The lowest BCUT2D eigenvalue weighted by molar-refractivity contribution is 0.293. The molecule has 0 amide bonds. The molecule has 3 aromatic rings. The van der Waals surface area contributed by atoms with E-state index in [1.165, 1.54) is 13.2 Å². The topological polar surface area (TPSA) is 44.2 Å². The van der Waals surface area contributed by atoms with Crippen LogP contribution in [0.25, 0.3) is 10.8 Å². The molecule has 21 heavy (non-hydrogen) atoms. The molecule has 0 aliphatic rings. The van der Waals surface area contributed by atoms with Crippen LogP contribution in [0.3, 0.4) is 0 Å². The van der Waals surface area contributed by atoms with Crippen molar-refractivity contribution < 1.29 is 13.9 Å². The van der Waals surface area contributed by atoms with Gasteiger partial charge in [-0.1, -0.05) is 24.3 Å². The molecule has 0 bridgehead atoms. The Labute approximate surface area is 121 Å². The number of halogens is 1. The van der Waals surface area contributed by atoms with Gasteiger partial charge in [-0.2, -0.15) is 5.10 Å². The molecule has 0 radical (unpaired) electrons. The Kier molecular flexibility index (Phi) is 3.64. The van der Waals surface area contributed by atoms with Crippen molar-refractivity contribution in [2.45, 2.75) is 6.61 Å². The molecule has 0 saturated heterocycles. The highest BCUT2D eigenvalue weighted by atomic mass is 19.1. The molecule has 0 N–H and O–H groups in total. The summed E-state index contributed by atoms with van der Waals surface area (Å²) in [5, 5.41) is 9.71. The predicted molar refractivity (Wildman–Crippen MR) is 76.8 cm³/mol. The third-order valence-corrected chi connectivity index (χ3v) is 3.13. The van der Waals surface area contributed by atoms with E-state index in [4.69, 9.17) is 9.47 Å². The molecular formula is C16H13FN2O2. The van der Waals surface area contributed by atoms with Crippen LogP contribution in [0.5, 0.6) is 11.6 Å². The number of nitrogens with zero attached hydrogens (tertiary/aromatic N) is 2. The van der Waals surface area contributed by atoms with Gasteiger partial charge in [-0.05, 0) is 23.8 Å². The molecule has 0 spiro atoms. The van der Waals surface area contributed by atoms with Gasteiger partial charge >= 0.3 is 0 Å². The van der Waals surface area contributed by atoms with Crippen LogP contribution >= 0.6 is 0 Å². The summed E-state index contributed by atoms with van der Waals surface area (Å²) in [5.41, 5.74) is 0.697. The highest BCUT2D eigenvalue weighted by Crippen LogP contribution is 2.23. The Morgan fingerprint density at radius 2 is 2.00 bits per heavy atom. The molecule has 5 heteroatoms. The van der Waals surface area contributed by atoms with Crippen molar-refractivity contribution in [2.75, 3.05) is 7.11 Å². The zero-order valence-electron chi connectivity index (χ0n) is 11.4. The van der Waals surface area contributed by atoms with Gasteiger partial charge in [0, 0.05) is 10.8 Å². The summed E-state index contributed by atoms with van der Waals surface area (Å²) >= 11 is 0. The molecule has 4 nitrogen and oxygen atoms in total. The van der Waals surface area contributed by atoms with E-state index < -0.39 is 5.82 Å². The lowest BCUT2D eigenvalue weighted by atomic mass is 10.2. The molecule has 2 aromatic carbocycles. The largest absolute Gasteiger partial charge is 0.494 e. The Balaban J connectivity index is 1.82. The van der Waals surface area contributed by atoms with E-state index in [1.807, 2.05) is 24.3 Å². The predicted octanol–water partition coefficient (Wildman–Crippen LogP) is 3.36. The van der Waals surface area contributed by atoms with Crippen LogP contribution in [-0.4, -0.2) is 17.3 Å². The van der Waals surface area contributed by atoms with Crippen LogP contribution in [0.15, 0.2) is 48.7 Å². The Morgan fingerprint density at radius 1 is 1.14 bits per heavy atom. The minimum absolute atomic E-state index is 0.212. The molecule has 1 heterocycles. The van der Waals surface area contributed by atoms with Crippen LogP contribution in [0.4, 0.5) is 4.39 Å². The van der Waals surface area contributed by atoms with Gasteiger partial charge in [0.25, 0.3) is 0 Å². The molecule has 0 aliphatic carbocycles. The van der Waals surface area contributed by atoms with Crippen molar-refractivity contribution in [1.82, 2.24) is 10.2 Å². The Morgan fingerprint density at radius 3 is 2.81 bits per heavy atom. The van der Waals surface area contributed by atoms with E-state index in [-0.39, 0.29) is 12.4 Å². The first-order valence-corrected chi connectivity index (χ1v) is 6.43. The number of methoxy groups -OCH3 is 1. The normalized spacial score (nSPS) is 10.6. The second-order valence-electron chi connectivity index (χ2n) is 4.49. The third-order valence-electron chi connectivity index (χ3n) is 3.13. The van der Waals surface area contributed by atoms with E-state index in [1.54, 1.807) is 18.3 Å². The molecule has 0 aliphatic heterocycles. The lowest BCUT2D eigenvalue weighted by Crippen LogP contribution is -2.00. The van der Waals surface area contributed by atoms with Crippen LogP contribution in [0.2, 0.25) is 0 Å². The standard InChI is InChI=1S/C16H13FN2O2/c1-20-15-7-6-11(8-14(15)17)10-21-16-13-5-3-2-4-12(13)9-18-19-16/h2-9H,10H2,1H3. The van der Waals surface area contributed by atoms with Gasteiger partial charge in [0.2, 0.25) is 5.88 Å². The number of hydrogen-bond acceptors (Lipinski definition) is 4. The van der Waals surface area contributed by atoms with Crippen molar-refractivity contribution in [1.29, 1.82) is 0 Å². The quantitative estimate of drug-likeness (QED) is 0.737. The Hall–Kier alpha value is -2.69. The summed E-state index contributed by atoms with van der Waals surface area (Å²) in [6, 6.07) is 12.4. The summed E-state index contributed by atoms with van der Waals surface area (Å²) < 4.78 is 24.2. The van der Waals surface area contributed by atoms with Gasteiger partial charge in [0.15, 0.2) is 11.6 Å². The molecule has 0 saturated carbocycles. The zero-order chi connectivity index (χ0) is 14.7. The fourth-order valence-corrected chi connectivity index (χ4v) is 2.06. The fraction of sp³-hybridized carbons (Fsp3) is 0.125. The van der Waals surface area contributed by atoms with E-state index in [2.05, 4.69) is 10.2 Å². The minimum atomic E-state index is -0.414. The van der Waals surface area contributed by atoms with Gasteiger partial charge in [0.05, 0.1) is 13.3 Å². The summed E-state index contributed by atoms with van der Waals surface area (Å²) in [6.45, 7) is 0.212. The number of rotatable bonds is 4. The second kappa shape index (κ2) is 5.75. The van der Waals surface area contributed by atoms with Crippen molar-refractivity contribution >= 4 is 10.8 Å². The summed E-state index contributed by atoms with van der Waals surface area (Å²) in [6.07, 6.45) is 1.68. The third kappa shape index (κ3) is 2.76. The van der Waals surface area contributed by atoms with Crippen LogP contribution in [0.1, 0.15) is 5.56 Å². The molecule has 3 rings (SSSR count). The maximum absolute atomic E-state index is 13.6. The van der Waals surface area contributed by atoms with Crippen molar-refractivity contribution in [3.05, 3.63) is 60.0 Å². The van der Waals surface area contributed by atoms with Gasteiger partial charge in [-0.25, -0.2) is 4.39 Å². The number of aromatic nitrogens is 2. The average molecular weight is 284 g/mol. The number of fused-ring (bicyclic) bond motifs is 1. The monoisotopic (exact) mass is 284 g/mol. The first-order chi connectivity index (χ1) is 10.3. The smallest absolute Gasteiger partial charge is 0.241 e. The lowest BCUT2D eigenvalue weighted by Gasteiger charge is -2.08. The van der Waals surface area contributed by atoms with Gasteiger partial charge in [0.1, 0.15) is 6.61 Å². The molecule has 106 valence electrons. The molecule has 0 atom stereocenters. The summed E-state index contributed by atoms with van der Waals surface area (Å²) in [5.74, 6) is 0.232. The molecule has 0 fully saturated rings. The minimum Gasteiger partial charge on any atom is -0.494 e. The van der Waals surface area contributed by atoms with Crippen molar-refractivity contribution in [3.63, 3.8) is 0 Å². The SMILES string of the molecule is COc1ccc(COc2nncc3ccccc23)cc1F. The highest BCUT2D eigenvalue weighted by molar-refractivity contribution is 5.85. The second-order valence-corrected chi connectivity index (χ2v) is 4.49. The maximum Gasteiger partial charge on any atom is 0.241 e. The fourth-order valence-electron chi connectivity index (χ4n) is 2.06. The van der Waals surface area contributed by atoms with Gasteiger partial charge in [-0.15, -0.1) is 5.10 Å². The van der Waals surface area contributed by atoms with Gasteiger partial charge < -0.3 is 9.47 Å². The number of ether oxygens (including phenoxy) is 2. The first-order valence-electron chi connectivity index (χ1n) is 6.43.